The molecule has 2 aromatic carbocycles. The van der Waals surface area contributed by atoms with Crippen LogP contribution in [0.1, 0.15) is 49.9 Å². The van der Waals surface area contributed by atoms with E-state index < -0.39 is 0 Å². The van der Waals surface area contributed by atoms with E-state index in [1.807, 2.05) is 0 Å². The van der Waals surface area contributed by atoms with Crippen LogP contribution in [0.2, 0.25) is 0 Å². The highest BCUT2D eigenvalue weighted by molar-refractivity contribution is 5.69. The van der Waals surface area contributed by atoms with Crippen LogP contribution >= 0.6 is 0 Å². The van der Waals surface area contributed by atoms with Gasteiger partial charge in [0.05, 0.1) is 0 Å². The normalized spacial score (nSPS) is 11.7. The Kier molecular flexibility index (Phi) is 6.00. The van der Waals surface area contributed by atoms with Gasteiger partial charge in [-0.15, -0.1) is 0 Å². The van der Waals surface area contributed by atoms with Crippen LogP contribution < -0.4 is 0 Å². The minimum Gasteiger partial charge on any atom is -0.0625 e. The monoisotopic (exact) mass is 292 g/mol. The maximum absolute atomic E-state index is 2.26. The highest BCUT2D eigenvalue weighted by Crippen LogP contribution is 2.14. The van der Waals surface area contributed by atoms with Gasteiger partial charge in [0, 0.05) is 0 Å². The average Bonchev–Trinajstić information content (AvgIpc) is 2.47. The first-order valence-corrected chi connectivity index (χ1v) is 8.39. The standard InChI is InChI=1S/C22H28/c1-17(2)15-21-11-7-19(8-12-21)5-6-20-9-13-22(14-10-20)16-18(3)4/h5-14,17-18H,15-16H2,1-4H3/b6-5-. The van der Waals surface area contributed by atoms with E-state index in [1.54, 1.807) is 0 Å². The summed E-state index contributed by atoms with van der Waals surface area (Å²) in [5.74, 6) is 1.43. The summed E-state index contributed by atoms with van der Waals surface area (Å²) in [7, 11) is 0. The first kappa shape index (κ1) is 16.5. The lowest BCUT2D eigenvalue weighted by molar-refractivity contribution is 0.647. The first-order chi connectivity index (χ1) is 10.5. The first-order valence-electron chi connectivity index (χ1n) is 8.39. The van der Waals surface area contributed by atoms with Crippen LogP contribution in [0.15, 0.2) is 48.5 Å². The SMILES string of the molecule is CC(C)Cc1ccc(/C=C\c2ccc(CC(C)C)cc2)cc1. The second-order valence-electron chi connectivity index (χ2n) is 7.01. The van der Waals surface area contributed by atoms with Crippen molar-refractivity contribution in [2.24, 2.45) is 11.8 Å². The second-order valence-corrected chi connectivity index (χ2v) is 7.01. The summed E-state index contributed by atoms with van der Waals surface area (Å²) in [6, 6.07) is 17.8. The Hall–Kier alpha value is -1.82. The van der Waals surface area contributed by atoms with Gasteiger partial charge in [0.1, 0.15) is 0 Å². The molecule has 0 spiro atoms. The van der Waals surface area contributed by atoms with Gasteiger partial charge in [-0.2, -0.15) is 0 Å². The molecule has 0 saturated heterocycles. The Morgan fingerprint density at radius 2 is 0.909 bits per heavy atom. The van der Waals surface area contributed by atoms with Gasteiger partial charge in [-0.1, -0.05) is 88.4 Å². The lowest BCUT2D eigenvalue weighted by atomic mass is 10.0. The molecule has 0 N–H and O–H groups in total. The zero-order valence-corrected chi connectivity index (χ0v) is 14.3. The maximum atomic E-state index is 2.26. The minimum absolute atomic E-state index is 0.714. The summed E-state index contributed by atoms with van der Waals surface area (Å²) >= 11 is 0. The molecule has 0 aliphatic heterocycles. The zero-order valence-electron chi connectivity index (χ0n) is 14.3. The molecule has 0 atom stereocenters. The quantitative estimate of drug-likeness (QED) is 0.552. The van der Waals surface area contributed by atoms with Gasteiger partial charge in [0.15, 0.2) is 0 Å². The third-order valence-corrected chi connectivity index (χ3v) is 3.72. The Labute approximate surface area is 135 Å². The van der Waals surface area contributed by atoms with Crippen molar-refractivity contribution >= 4 is 12.2 Å². The molecule has 0 heteroatoms. The van der Waals surface area contributed by atoms with Gasteiger partial charge < -0.3 is 0 Å². The average molecular weight is 292 g/mol. The van der Waals surface area contributed by atoms with E-state index in [1.165, 1.54) is 22.3 Å². The van der Waals surface area contributed by atoms with Crippen LogP contribution in [-0.2, 0) is 12.8 Å². The van der Waals surface area contributed by atoms with Crippen LogP contribution in [0, 0.1) is 11.8 Å². The van der Waals surface area contributed by atoms with E-state index in [2.05, 4.69) is 88.4 Å². The molecule has 0 heterocycles. The van der Waals surface area contributed by atoms with Gasteiger partial charge in [0.25, 0.3) is 0 Å². The van der Waals surface area contributed by atoms with Gasteiger partial charge >= 0.3 is 0 Å². The van der Waals surface area contributed by atoms with Crippen LogP contribution in [0.4, 0.5) is 0 Å². The van der Waals surface area contributed by atoms with Crippen molar-refractivity contribution in [3.05, 3.63) is 70.8 Å². The van der Waals surface area contributed by atoms with Crippen molar-refractivity contribution in [2.75, 3.05) is 0 Å². The van der Waals surface area contributed by atoms with Crippen LogP contribution in [0.3, 0.4) is 0 Å². The van der Waals surface area contributed by atoms with E-state index in [-0.39, 0.29) is 0 Å². The predicted molar refractivity (Wildman–Crippen MR) is 98.9 cm³/mol. The van der Waals surface area contributed by atoms with Crippen LogP contribution in [0.25, 0.3) is 12.2 Å². The van der Waals surface area contributed by atoms with Crippen molar-refractivity contribution in [3.63, 3.8) is 0 Å². The summed E-state index contributed by atoms with van der Waals surface area (Å²) in [4.78, 5) is 0. The molecule has 22 heavy (non-hydrogen) atoms. The van der Waals surface area contributed by atoms with Crippen LogP contribution in [0.5, 0.6) is 0 Å². The highest BCUT2D eigenvalue weighted by Gasteiger charge is 1.98. The predicted octanol–water partition coefficient (Wildman–Crippen LogP) is 6.25. The van der Waals surface area contributed by atoms with Crippen molar-refractivity contribution in [1.82, 2.24) is 0 Å². The lowest BCUT2D eigenvalue weighted by Gasteiger charge is -2.05. The molecule has 2 aromatic rings. The van der Waals surface area contributed by atoms with E-state index in [4.69, 9.17) is 0 Å². The molecule has 0 aliphatic carbocycles. The second kappa shape index (κ2) is 7.98. The summed E-state index contributed by atoms with van der Waals surface area (Å²) < 4.78 is 0. The fourth-order valence-electron chi connectivity index (χ4n) is 2.66. The molecule has 0 fully saturated rings. The lowest BCUT2D eigenvalue weighted by Crippen LogP contribution is -1.93. The zero-order chi connectivity index (χ0) is 15.9. The van der Waals surface area contributed by atoms with Gasteiger partial charge in [-0.25, -0.2) is 0 Å². The fraction of sp³-hybridized carbons (Fsp3) is 0.364. The van der Waals surface area contributed by atoms with Gasteiger partial charge in [0.2, 0.25) is 0 Å². The summed E-state index contributed by atoms with van der Waals surface area (Å²) in [5.41, 5.74) is 5.37. The Bertz CT molecular complexity index is 527. The molecule has 0 aliphatic rings. The molecule has 0 amide bonds. The van der Waals surface area contributed by atoms with Gasteiger partial charge in [-0.05, 0) is 46.9 Å². The topological polar surface area (TPSA) is 0 Å². The summed E-state index contributed by atoms with van der Waals surface area (Å²) in [5, 5.41) is 0. The van der Waals surface area contributed by atoms with E-state index in [9.17, 15) is 0 Å². The largest absolute Gasteiger partial charge is 0.0625 e. The van der Waals surface area contributed by atoms with Crippen molar-refractivity contribution < 1.29 is 0 Å². The third kappa shape index (κ3) is 5.52. The molecule has 0 aromatic heterocycles. The van der Waals surface area contributed by atoms with E-state index >= 15 is 0 Å². The Morgan fingerprint density at radius 3 is 1.18 bits per heavy atom. The molecule has 0 unspecified atom stereocenters. The Morgan fingerprint density at radius 1 is 0.591 bits per heavy atom. The summed E-state index contributed by atoms with van der Waals surface area (Å²) in [6.45, 7) is 9.04. The molecule has 116 valence electrons. The van der Waals surface area contributed by atoms with Crippen LogP contribution in [-0.4, -0.2) is 0 Å². The smallest absolute Gasteiger partial charge is 0.0256 e. The number of benzene rings is 2. The number of hydrogen-bond acceptors (Lipinski definition) is 0. The van der Waals surface area contributed by atoms with Crippen molar-refractivity contribution in [1.29, 1.82) is 0 Å². The maximum Gasteiger partial charge on any atom is -0.0256 e. The Balaban J connectivity index is 1.99. The molecule has 0 radical (unpaired) electrons. The van der Waals surface area contributed by atoms with Gasteiger partial charge in [-0.3, -0.25) is 0 Å². The van der Waals surface area contributed by atoms with E-state index in [0.29, 0.717) is 11.8 Å². The third-order valence-electron chi connectivity index (χ3n) is 3.72. The minimum atomic E-state index is 0.714. The van der Waals surface area contributed by atoms with Crippen molar-refractivity contribution in [2.45, 2.75) is 40.5 Å². The molecule has 2 rings (SSSR count). The molecular weight excluding hydrogens is 264 g/mol. The molecular formula is C22H28. The fourth-order valence-corrected chi connectivity index (χ4v) is 2.66. The van der Waals surface area contributed by atoms with Crippen molar-refractivity contribution in [3.8, 4) is 0 Å². The summed E-state index contributed by atoms with van der Waals surface area (Å²) in [6.07, 6.45) is 6.69. The molecule has 0 nitrogen and oxygen atoms in total. The molecule has 0 bridgehead atoms. The molecule has 0 saturated carbocycles. The highest BCUT2D eigenvalue weighted by atomic mass is 14.0. The number of rotatable bonds is 6. The van der Waals surface area contributed by atoms with E-state index in [0.717, 1.165) is 12.8 Å². The number of hydrogen-bond donors (Lipinski definition) is 0.